The molecule has 0 aliphatic carbocycles. The molecule has 0 fully saturated rings. The molecule has 5 nitrogen and oxygen atoms in total. The van der Waals surface area contributed by atoms with Crippen molar-refractivity contribution in [3.8, 4) is 0 Å². The number of amides is 1. The van der Waals surface area contributed by atoms with Crippen molar-refractivity contribution in [1.29, 1.82) is 0 Å². The molecule has 156 valence electrons. The van der Waals surface area contributed by atoms with Crippen LogP contribution in [0.1, 0.15) is 29.7 Å². The van der Waals surface area contributed by atoms with Gasteiger partial charge in [-0.05, 0) is 42.7 Å². The maximum atomic E-state index is 13.3. The number of benzene rings is 3. The number of hydrogen-bond donors (Lipinski definition) is 1. The molecule has 0 aliphatic rings. The summed E-state index contributed by atoms with van der Waals surface area (Å²) in [5.74, 6) is -0.374. The Kier molecular flexibility index (Phi) is 6.57. The van der Waals surface area contributed by atoms with Crippen molar-refractivity contribution in [3.05, 3.63) is 102 Å². The highest BCUT2D eigenvalue weighted by atomic mass is 32.2. The summed E-state index contributed by atoms with van der Waals surface area (Å²) in [5.41, 5.74) is 3.39. The van der Waals surface area contributed by atoms with E-state index in [9.17, 15) is 13.2 Å². The SMILES string of the molecule is Cc1ccccc1[C@@H](NC(=O)[C@H](C)N(c1ccccc1)S(C)(=O)=O)c1ccccc1. The van der Waals surface area contributed by atoms with Crippen LogP contribution in [0.3, 0.4) is 0 Å². The van der Waals surface area contributed by atoms with Gasteiger partial charge in [0, 0.05) is 0 Å². The number of carbonyl (C=O) groups excluding carboxylic acids is 1. The van der Waals surface area contributed by atoms with E-state index < -0.39 is 16.1 Å². The second-order valence-corrected chi connectivity index (χ2v) is 9.14. The quantitative estimate of drug-likeness (QED) is 0.625. The van der Waals surface area contributed by atoms with Crippen molar-refractivity contribution in [2.45, 2.75) is 25.9 Å². The fourth-order valence-corrected chi connectivity index (χ4v) is 4.72. The van der Waals surface area contributed by atoms with E-state index in [4.69, 9.17) is 0 Å². The fraction of sp³-hybridized carbons (Fsp3) is 0.208. The number of aryl methyl sites for hydroxylation is 1. The first-order chi connectivity index (χ1) is 14.3. The summed E-state index contributed by atoms with van der Waals surface area (Å²) in [4.78, 5) is 13.3. The molecule has 1 N–H and O–H groups in total. The van der Waals surface area contributed by atoms with Crippen LogP contribution in [0.15, 0.2) is 84.9 Å². The van der Waals surface area contributed by atoms with Crippen molar-refractivity contribution in [1.82, 2.24) is 5.32 Å². The van der Waals surface area contributed by atoms with Gasteiger partial charge in [0.05, 0.1) is 18.0 Å². The van der Waals surface area contributed by atoms with Gasteiger partial charge in [0.1, 0.15) is 6.04 Å². The maximum absolute atomic E-state index is 13.3. The van der Waals surface area contributed by atoms with E-state index in [-0.39, 0.29) is 11.9 Å². The number of carbonyl (C=O) groups is 1. The summed E-state index contributed by atoms with van der Waals surface area (Å²) in [7, 11) is -3.66. The van der Waals surface area contributed by atoms with Gasteiger partial charge in [-0.25, -0.2) is 8.42 Å². The van der Waals surface area contributed by atoms with E-state index in [0.29, 0.717) is 5.69 Å². The zero-order chi connectivity index (χ0) is 21.7. The third kappa shape index (κ3) is 4.89. The minimum Gasteiger partial charge on any atom is -0.343 e. The second-order valence-electron chi connectivity index (χ2n) is 7.28. The van der Waals surface area contributed by atoms with E-state index in [1.807, 2.05) is 61.5 Å². The van der Waals surface area contributed by atoms with Crippen molar-refractivity contribution >= 4 is 21.6 Å². The molecule has 0 unspecified atom stereocenters. The number of nitrogens with one attached hydrogen (secondary N) is 1. The second kappa shape index (κ2) is 9.13. The molecule has 0 spiro atoms. The molecule has 3 aromatic carbocycles. The summed E-state index contributed by atoms with van der Waals surface area (Å²) in [6.07, 6.45) is 1.11. The van der Waals surface area contributed by atoms with Crippen LogP contribution in [-0.4, -0.2) is 26.6 Å². The Bertz CT molecular complexity index is 1100. The molecule has 3 rings (SSSR count). The molecule has 0 bridgehead atoms. The smallest absolute Gasteiger partial charge is 0.244 e. The van der Waals surface area contributed by atoms with Crippen LogP contribution in [0, 0.1) is 6.92 Å². The molecule has 0 aliphatic heterocycles. The number of hydrogen-bond acceptors (Lipinski definition) is 3. The average molecular weight is 423 g/mol. The summed E-state index contributed by atoms with van der Waals surface area (Å²) in [5, 5.41) is 3.07. The van der Waals surface area contributed by atoms with E-state index in [1.165, 1.54) is 0 Å². The average Bonchev–Trinajstić information content (AvgIpc) is 2.73. The number of anilines is 1. The standard InChI is InChI=1S/C24H26N2O3S/c1-18-12-10-11-17-22(18)23(20-13-6-4-7-14-20)25-24(27)19(2)26(30(3,28)29)21-15-8-5-9-16-21/h4-17,19,23H,1-3H3,(H,25,27)/t19-,23-/m0/s1. The van der Waals surface area contributed by atoms with Gasteiger partial charge in [0.15, 0.2) is 0 Å². The molecule has 0 aromatic heterocycles. The Labute approximate surface area is 178 Å². The lowest BCUT2D eigenvalue weighted by atomic mass is 9.94. The Morgan fingerprint density at radius 1 is 0.867 bits per heavy atom. The monoisotopic (exact) mass is 422 g/mol. The third-order valence-corrected chi connectivity index (χ3v) is 6.26. The Morgan fingerprint density at radius 2 is 1.40 bits per heavy atom. The Hall–Kier alpha value is -3.12. The van der Waals surface area contributed by atoms with Crippen LogP contribution in [0.5, 0.6) is 0 Å². The Morgan fingerprint density at radius 3 is 1.97 bits per heavy atom. The molecular weight excluding hydrogens is 396 g/mol. The number of rotatable bonds is 7. The maximum Gasteiger partial charge on any atom is 0.244 e. The molecule has 30 heavy (non-hydrogen) atoms. The van der Waals surface area contributed by atoms with E-state index in [2.05, 4.69) is 5.32 Å². The van der Waals surface area contributed by atoms with E-state index >= 15 is 0 Å². The predicted octanol–water partition coefficient (Wildman–Crippen LogP) is 4.06. The molecule has 0 heterocycles. The van der Waals surface area contributed by atoms with Crippen molar-refractivity contribution in [2.24, 2.45) is 0 Å². The summed E-state index contributed by atoms with van der Waals surface area (Å²) in [6.45, 7) is 3.59. The first kappa shape index (κ1) is 21.6. The van der Waals surface area contributed by atoms with Gasteiger partial charge in [-0.3, -0.25) is 9.10 Å². The van der Waals surface area contributed by atoms with Gasteiger partial charge in [0.25, 0.3) is 0 Å². The molecule has 6 heteroatoms. The largest absolute Gasteiger partial charge is 0.343 e. The van der Waals surface area contributed by atoms with Crippen molar-refractivity contribution < 1.29 is 13.2 Å². The van der Waals surface area contributed by atoms with Gasteiger partial charge in [-0.15, -0.1) is 0 Å². The third-order valence-electron chi connectivity index (χ3n) is 5.02. The van der Waals surface area contributed by atoms with Gasteiger partial charge >= 0.3 is 0 Å². The molecule has 2 atom stereocenters. The molecule has 3 aromatic rings. The number of para-hydroxylation sites is 1. The van der Waals surface area contributed by atoms with E-state index in [0.717, 1.165) is 27.3 Å². The highest BCUT2D eigenvalue weighted by molar-refractivity contribution is 7.92. The zero-order valence-corrected chi connectivity index (χ0v) is 18.1. The first-order valence-corrected chi connectivity index (χ1v) is 11.6. The normalized spacial score (nSPS) is 13.3. The lowest BCUT2D eigenvalue weighted by Gasteiger charge is -2.30. The van der Waals surface area contributed by atoms with E-state index in [1.54, 1.807) is 37.3 Å². The minimum absolute atomic E-state index is 0.374. The van der Waals surface area contributed by atoms with Crippen LogP contribution in [-0.2, 0) is 14.8 Å². The topological polar surface area (TPSA) is 66.5 Å². The van der Waals surface area contributed by atoms with Gasteiger partial charge in [-0.1, -0.05) is 72.8 Å². The van der Waals surface area contributed by atoms with Crippen LogP contribution >= 0.6 is 0 Å². The summed E-state index contributed by atoms with van der Waals surface area (Å²) < 4.78 is 26.2. The zero-order valence-electron chi connectivity index (χ0n) is 17.3. The summed E-state index contributed by atoms with van der Waals surface area (Å²) >= 11 is 0. The first-order valence-electron chi connectivity index (χ1n) is 9.74. The fourth-order valence-electron chi connectivity index (χ4n) is 3.54. The molecule has 1 amide bonds. The predicted molar refractivity (Wildman–Crippen MR) is 121 cm³/mol. The lowest BCUT2D eigenvalue weighted by molar-refractivity contribution is -0.122. The number of sulfonamides is 1. The number of nitrogens with zero attached hydrogens (tertiary/aromatic N) is 1. The summed E-state index contributed by atoms with van der Waals surface area (Å²) in [6, 6.07) is 24.9. The van der Waals surface area contributed by atoms with Gasteiger partial charge in [0.2, 0.25) is 15.9 Å². The van der Waals surface area contributed by atoms with Crippen LogP contribution in [0.4, 0.5) is 5.69 Å². The van der Waals surface area contributed by atoms with Gasteiger partial charge < -0.3 is 5.32 Å². The van der Waals surface area contributed by atoms with Crippen molar-refractivity contribution in [2.75, 3.05) is 10.6 Å². The molecular formula is C24H26N2O3S. The minimum atomic E-state index is -3.66. The van der Waals surface area contributed by atoms with Crippen LogP contribution in [0.2, 0.25) is 0 Å². The van der Waals surface area contributed by atoms with Gasteiger partial charge in [-0.2, -0.15) is 0 Å². The molecule has 0 radical (unpaired) electrons. The molecule has 0 saturated carbocycles. The van der Waals surface area contributed by atoms with Crippen molar-refractivity contribution in [3.63, 3.8) is 0 Å². The highest BCUT2D eigenvalue weighted by Crippen LogP contribution is 2.26. The lowest BCUT2D eigenvalue weighted by Crippen LogP contribution is -2.48. The van der Waals surface area contributed by atoms with Crippen LogP contribution in [0.25, 0.3) is 0 Å². The molecule has 0 saturated heterocycles. The highest BCUT2D eigenvalue weighted by Gasteiger charge is 2.31. The van der Waals surface area contributed by atoms with Crippen LogP contribution < -0.4 is 9.62 Å². The Balaban J connectivity index is 1.96.